The lowest BCUT2D eigenvalue weighted by Gasteiger charge is -2.09. The van der Waals surface area contributed by atoms with Gasteiger partial charge in [-0.15, -0.1) is 0 Å². The molecule has 0 saturated heterocycles. The van der Waals surface area contributed by atoms with Crippen molar-refractivity contribution < 1.29 is 0 Å². The quantitative estimate of drug-likeness (QED) is 0.738. The number of nitrogens with zero attached hydrogens (tertiary/aromatic N) is 2. The van der Waals surface area contributed by atoms with Gasteiger partial charge in [0.05, 0.1) is 11.0 Å². The molecule has 0 spiro atoms. The zero-order valence-corrected chi connectivity index (χ0v) is 11.6. The molecular weight excluding hydrogens is 228 g/mol. The molecule has 0 unspecified atom stereocenters. The molecule has 1 aromatic carbocycles. The third-order valence-electron chi connectivity index (χ3n) is 2.82. The van der Waals surface area contributed by atoms with E-state index in [2.05, 4.69) is 49.6 Å². The topological polar surface area (TPSA) is 17.8 Å². The van der Waals surface area contributed by atoms with Gasteiger partial charge in [0.25, 0.3) is 0 Å². The Hall–Kier alpha value is -0.960. The van der Waals surface area contributed by atoms with E-state index in [4.69, 9.17) is 4.98 Å². The van der Waals surface area contributed by atoms with Crippen LogP contribution in [0.4, 0.5) is 0 Å². The van der Waals surface area contributed by atoms with Crippen LogP contribution in [-0.4, -0.2) is 15.3 Å². The first-order valence-corrected chi connectivity index (χ1v) is 7.29. The summed E-state index contributed by atoms with van der Waals surface area (Å²) in [5, 5.41) is 1.16. The molecule has 92 valence electrons. The highest BCUT2D eigenvalue weighted by molar-refractivity contribution is 7.99. The molecule has 3 heteroatoms. The van der Waals surface area contributed by atoms with E-state index in [1.807, 2.05) is 11.8 Å². The predicted molar refractivity (Wildman–Crippen MR) is 75.6 cm³/mol. The molecule has 2 aromatic rings. The second-order valence-corrected chi connectivity index (χ2v) is 5.88. The van der Waals surface area contributed by atoms with Crippen LogP contribution >= 0.6 is 11.8 Å². The Morgan fingerprint density at radius 3 is 2.76 bits per heavy atom. The average Bonchev–Trinajstić information content (AvgIpc) is 2.64. The minimum Gasteiger partial charge on any atom is -0.319 e. The first-order valence-electron chi connectivity index (χ1n) is 6.30. The smallest absolute Gasteiger partial charge is 0.169 e. The summed E-state index contributed by atoms with van der Waals surface area (Å²) in [5.74, 6) is 1.81. The van der Waals surface area contributed by atoms with Crippen LogP contribution in [0.2, 0.25) is 0 Å². The fraction of sp³-hybridized carbons (Fsp3) is 0.500. The second kappa shape index (κ2) is 5.58. The SMILES string of the molecule is CCSc1nc2ccccc2n1CCC(C)C. The number of imidazole rings is 1. The van der Waals surface area contributed by atoms with E-state index < -0.39 is 0 Å². The highest BCUT2D eigenvalue weighted by Crippen LogP contribution is 2.24. The molecule has 0 atom stereocenters. The molecule has 0 N–H and O–H groups in total. The van der Waals surface area contributed by atoms with Crippen molar-refractivity contribution in [3.05, 3.63) is 24.3 Å². The highest BCUT2D eigenvalue weighted by Gasteiger charge is 2.10. The second-order valence-electron chi connectivity index (χ2n) is 4.65. The van der Waals surface area contributed by atoms with Gasteiger partial charge in [-0.05, 0) is 30.2 Å². The molecule has 17 heavy (non-hydrogen) atoms. The summed E-state index contributed by atoms with van der Waals surface area (Å²) in [6, 6.07) is 8.42. The number of aromatic nitrogens is 2. The van der Waals surface area contributed by atoms with Gasteiger partial charge in [-0.2, -0.15) is 0 Å². The minimum atomic E-state index is 0.732. The number of para-hydroxylation sites is 2. The molecule has 0 radical (unpaired) electrons. The Labute approximate surface area is 107 Å². The van der Waals surface area contributed by atoms with Crippen LogP contribution in [0.25, 0.3) is 11.0 Å². The molecule has 0 amide bonds. The van der Waals surface area contributed by atoms with Crippen molar-refractivity contribution in [1.29, 1.82) is 0 Å². The molecule has 2 nitrogen and oxygen atoms in total. The third kappa shape index (κ3) is 2.83. The number of rotatable bonds is 5. The molecule has 1 heterocycles. The van der Waals surface area contributed by atoms with Crippen LogP contribution in [0.3, 0.4) is 0 Å². The number of hydrogen-bond acceptors (Lipinski definition) is 2. The van der Waals surface area contributed by atoms with Crippen LogP contribution in [0.15, 0.2) is 29.4 Å². The van der Waals surface area contributed by atoms with Crippen molar-refractivity contribution in [2.24, 2.45) is 5.92 Å². The summed E-state index contributed by atoms with van der Waals surface area (Å²) in [5.41, 5.74) is 2.39. The van der Waals surface area contributed by atoms with Gasteiger partial charge in [0.1, 0.15) is 0 Å². The Morgan fingerprint density at radius 1 is 1.29 bits per heavy atom. The van der Waals surface area contributed by atoms with Gasteiger partial charge in [0.15, 0.2) is 5.16 Å². The lowest BCUT2D eigenvalue weighted by molar-refractivity contribution is 0.503. The summed E-state index contributed by atoms with van der Waals surface area (Å²) in [4.78, 5) is 4.71. The van der Waals surface area contributed by atoms with E-state index in [1.165, 1.54) is 11.9 Å². The predicted octanol–water partition coefficient (Wildman–Crippen LogP) is 4.19. The zero-order chi connectivity index (χ0) is 12.3. The van der Waals surface area contributed by atoms with Crippen LogP contribution in [0.1, 0.15) is 27.2 Å². The lowest BCUT2D eigenvalue weighted by atomic mass is 10.1. The number of benzene rings is 1. The number of fused-ring (bicyclic) bond motifs is 1. The summed E-state index contributed by atoms with van der Waals surface area (Å²) < 4.78 is 2.36. The van der Waals surface area contributed by atoms with Gasteiger partial charge in [0.2, 0.25) is 0 Å². The molecule has 0 aliphatic rings. The molecule has 2 rings (SSSR count). The van der Waals surface area contributed by atoms with E-state index in [9.17, 15) is 0 Å². The minimum absolute atomic E-state index is 0.732. The normalized spacial score (nSPS) is 11.5. The molecule has 0 saturated carbocycles. The van der Waals surface area contributed by atoms with Crippen LogP contribution in [0, 0.1) is 5.92 Å². The standard InChI is InChI=1S/C14H20N2S/c1-4-17-14-15-12-7-5-6-8-13(12)16(14)10-9-11(2)3/h5-8,11H,4,9-10H2,1-3H3. The fourth-order valence-corrected chi connectivity index (χ4v) is 2.66. The van der Waals surface area contributed by atoms with E-state index in [1.54, 1.807) is 0 Å². The fourth-order valence-electron chi connectivity index (χ4n) is 1.90. The zero-order valence-electron chi connectivity index (χ0n) is 10.8. The lowest BCUT2D eigenvalue weighted by Crippen LogP contribution is -2.03. The van der Waals surface area contributed by atoms with Gasteiger partial charge in [-0.1, -0.05) is 44.7 Å². The van der Waals surface area contributed by atoms with E-state index in [-0.39, 0.29) is 0 Å². The van der Waals surface area contributed by atoms with Gasteiger partial charge < -0.3 is 4.57 Å². The Balaban J connectivity index is 2.37. The first kappa shape index (κ1) is 12.5. The Bertz CT molecular complexity index is 488. The van der Waals surface area contributed by atoms with Crippen LogP contribution in [-0.2, 0) is 6.54 Å². The molecule has 0 fully saturated rings. The summed E-state index contributed by atoms with van der Waals surface area (Å²) >= 11 is 1.83. The molecule has 0 bridgehead atoms. The molecular formula is C14H20N2S. The van der Waals surface area contributed by atoms with Crippen molar-refractivity contribution in [3.63, 3.8) is 0 Å². The maximum Gasteiger partial charge on any atom is 0.169 e. The Morgan fingerprint density at radius 2 is 2.06 bits per heavy atom. The van der Waals surface area contributed by atoms with Crippen molar-refractivity contribution >= 4 is 22.8 Å². The van der Waals surface area contributed by atoms with Crippen molar-refractivity contribution in [2.75, 3.05) is 5.75 Å². The molecule has 0 aliphatic carbocycles. The first-order chi connectivity index (χ1) is 8.22. The highest BCUT2D eigenvalue weighted by atomic mass is 32.2. The maximum atomic E-state index is 4.71. The number of thioether (sulfide) groups is 1. The van der Waals surface area contributed by atoms with Crippen molar-refractivity contribution in [3.8, 4) is 0 Å². The van der Waals surface area contributed by atoms with Crippen molar-refractivity contribution in [2.45, 2.75) is 38.9 Å². The number of hydrogen-bond donors (Lipinski definition) is 0. The Kier molecular flexibility index (Phi) is 4.11. The largest absolute Gasteiger partial charge is 0.319 e. The maximum absolute atomic E-state index is 4.71. The van der Waals surface area contributed by atoms with Gasteiger partial charge >= 0.3 is 0 Å². The average molecular weight is 248 g/mol. The number of aryl methyl sites for hydroxylation is 1. The van der Waals surface area contributed by atoms with E-state index >= 15 is 0 Å². The van der Waals surface area contributed by atoms with Crippen LogP contribution in [0.5, 0.6) is 0 Å². The van der Waals surface area contributed by atoms with Gasteiger partial charge in [-0.3, -0.25) is 0 Å². The van der Waals surface area contributed by atoms with E-state index in [0.29, 0.717) is 0 Å². The summed E-state index contributed by atoms with van der Waals surface area (Å²) in [6.45, 7) is 7.79. The molecule has 0 aliphatic heterocycles. The summed E-state index contributed by atoms with van der Waals surface area (Å²) in [6.07, 6.45) is 1.21. The van der Waals surface area contributed by atoms with Crippen LogP contribution < -0.4 is 0 Å². The molecule has 1 aromatic heterocycles. The van der Waals surface area contributed by atoms with Crippen molar-refractivity contribution in [1.82, 2.24) is 9.55 Å². The van der Waals surface area contributed by atoms with Gasteiger partial charge in [0, 0.05) is 6.54 Å². The summed E-state index contributed by atoms with van der Waals surface area (Å²) in [7, 11) is 0. The third-order valence-corrected chi connectivity index (χ3v) is 3.68. The monoisotopic (exact) mass is 248 g/mol. The van der Waals surface area contributed by atoms with Gasteiger partial charge in [-0.25, -0.2) is 4.98 Å². The van der Waals surface area contributed by atoms with E-state index in [0.717, 1.165) is 28.9 Å².